The Kier molecular flexibility index (Phi) is 5.24. The van der Waals surface area contributed by atoms with Crippen LogP contribution in [-0.4, -0.2) is 24.5 Å². The molecule has 142 valence electrons. The third-order valence-electron chi connectivity index (χ3n) is 5.08. The van der Waals surface area contributed by atoms with Gasteiger partial charge in [0.15, 0.2) is 0 Å². The third-order valence-corrected chi connectivity index (χ3v) is 5.08. The van der Waals surface area contributed by atoms with E-state index in [1.807, 2.05) is 54.6 Å². The van der Waals surface area contributed by atoms with E-state index in [0.29, 0.717) is 12.2 Å². The first-order chi connectivity index (χ1) is 13.7. The van der Waals surface area contributed by atoms with E-state index in [4.69, 9.17) is 4.74 Å². The summed E-state index contributed by atoms with van der Waals surface area (Å²) >= 11 is 0. The Morgan fingerprint density at radius 1 is 1.14 bits per heavy atom. The first-order valence-corrected chi connectivity index (χ1v) is 9.42. The van der Waals surface area contributed by atoms with Crippen LogP contribution < -0.4 is 15.0 Å². The summed E-state index contributed by atoms with van der Waals surface area (Å²) in [5.41, 5.74) is 5.04. The minimum atomic E-state index is -0.162. The van der Waals surface area contributed by atoms with Crippen molar-refractivity contribution in [2.75, 3.05) is 18.6 Å². The van der Waals surface area contributed by atoms with Gasteiger partial charge in [-0.1, -0.05) is 42.5 Å². The fraction of sp³-hybridized carbons (Fsp3) is 0.217. The van der Waals surface area contributed by atoms with Gasteiger partial charge in [0.25, 0.3) is 5.91 Å². The average molecular weight is 373 g/mol. The molecule has 28 heavy (non-hydrogen) atoms. The summed E-state index contributed by atoms with van der Waals surface area (Å²) in [4.78, 5) is 19.1. The number of nitrogens with one attached hydrogen (secondary N) is 1. The highest BCUT2D eigenvalue weighted by atomic mass is 16.5. The molecule has 1 aliphatic heterocycles. The van der Waals surface area contributed by atoms with Gasteiger partial charge in [0.2, 0.25) is 0 Å². The number of hydrogen-bond donors (Lipinski definition) is 1. The largest absolute Gasteiger partial charge is 0.496 e. The van der Waals surface area contributed by atoms with E-state index in [9.17, 15) is 4.79 Å². The summed E-state index contributed by atoms with van der Waals surface area (Å²) in [6.45, 7) is 2.16. The summed E-state index contributed by atoms with van der Waals surface area (Å²) in [6, 6.07) is 19.9. The van der Waals surface area contributed by atoms with Crippen LogP contribution in [0.2, 0.25) is 0 Å². The van der Waals surface area contributed by atoms with E-state index >= 15 is 0 Å². The topological polar surface area (TPSA) is 54.5 Å². The zero-order valence-electron chi connectivity index (χ0n) is 15.9. The zero-order chi connectivity index (χ0) is 19.3. The molecule has 0 radical (unpaired) electrons. The molecule has 0 fully saturated rings. The van der Waals surface area contributed by atoms with Gasteiger partial charge >= 0.3 is 0 Å². The molecular formula is C23H23N3O2. The van der Waals surface area contributed by atoms with Crippen molar-refractivity contribution in [3.63, 3.8) is 0 Å². The van der Waals surface area contributed by atoms with Crippen LogP contribution in [0, 0.1) is 0 Å². The van der Waals surface area contributed by atoms with Gasteiger partial charge in [-0.2, -0.15) is 0 Å². The van der Waals surface area contributed by atoms with Crippen LogP contribution in [0.5, 0.6) is 5.75 Å². The SMILES string of the molecule is COc1cccc2c1CCN(c1ccnc(C(=O)NCc3ccccc3)c1)C2. The fourth-order valence-electron chi connectivity index (χ4n) is 3.60. The van der Waals surface area contributed by atoms with Crippen LogP contribution in [0.3, 0.4) is 0 Å². The maximum atomic E-state index is 12.5. The van der Waals surface area contributed by atoms with Crippen LogP contribution in [0.25, 0.3) is 0 Å². The van der Waals surface area contributed by atoms with E-state index in [0.717, 1.165) is 36.5 Å². The predicted octanol–water partition coefficient (Wildman–Crippen LogP) is 3.58. The molecule has 1 N–H and O–H groups in total. The molecule has 3 aromatic rings. The van der Waals surface area contributed by atoms with Crippen molar-refractivity contribution in [2.45, 2.75) is 19.5 Å². The fourth-order valence-corrected chi connectivity index (χ4v) is 3.60. The summed E-state index contributed by atoms with van der Waals surface area (Å²) in [6.07, 6.45) is 2.62. The van der Waals surface area contributed by atoms with E-state index in [2.05, 4.69) is 21.3 Å². The summed E-state index contributed by atoms with van der Waals surface area (Å²) in [5, 5.41) is 2.94. The molecule has 0 saturated heterocycles. The van der Waals surface area contributed by atoms with Crippen molar-refractivity contribution in [2.24, 2.45) is 0 Å². The lowest BCUT2D eigenvalue weighted by Crippen LogP contribution is -2.31. The molecule has 5 nitrogen and oxygen atoms in total. The quantitative estimate of drug-likeness (QED) is 0.743. The molecule has 0 unspecified atom stereocenters. The van der Waals surface area contributed by atoms with E-state index in [-0.39, 0.29) is 5.91 Å². The van der Waals surface area contributed by atoms with Gasteiger partial charge in [-0.3, -0.25) is 9.78 Å². The van der Waals surface area contributed by atoms with Gasteiger partial charge in [-0.25, -0.2) is 0 Å². The summed E-state index contributed by atoms with van der Waals surface area (Å²) in [7, 11) is 1.71. The first kappa shape index (κ1) is 18.0. The molecule has 2 aromatic carbocycles. The minimum absolute atomic E-state index is 0.162. The van der Waals surface area contributed by atoms with Crippen LogP contribution in [0.1, 0.15) is 27.2 Å². The maximum absolute atomic E-state index is 12.5. The predicted molar refractivity (Wildman–Crippen MR) is 110 cm³/mol. The first-order valence-electron chi connectivity index (χ1n) is 9.42. The lowest BCUT2D eigenvalue weighted by atomic mass is 9.98. The van der Waals surface area contributed by atoms with Gasteiger partial charge in [-0.05, 0) is 35.7 Å². The van der Waals surface area contributed by atoms with Crippen LogP contribution >= 0.6 is 0 Å². The molecule has 5 heteroatoms. The summed E-state index contributed by atoms with van der Waals surface area (Å²) < 4.78 is 5.49. The maximum Gasteiger partial charge on any atom is 0.270 e. The molecule has 1 aliphatic rings. The number of nitrogens with zero attached hydrogens (tertiary/aromatic N) is 2. The Morgan fingerprint density at radius 2 is 2.00 bits per heavy atom. The van der Waals surface area contributed by atoms with E-state index in [1.54, 1.807) is 13.3 Å². The smallest absolute Gasteiger partial charge is 0.270 e. The highest BCUT2D eigenvalue weighted by Crippen LogP contribution is 2.30. The number of methoxy groups -OCH3 is 1. The molecule has 0 spiro atoms. The Morgan fingerprint density at radius 3 is 2.82 bits per heavy atom. The molecule has 2 heterocycles. The molecule has 1 aromatic heterocycles. The van der Waals surface area contributed by atoms with Crippen molar-refractivity contribution in [3.05, 3.63) is 89.2 Å². The minimum Gasteiger partial charge on any atom is -0.496 e. The number of aromatic nitrogens is 1. The number of rotatable bonds is 5. The zero-order valence-corrected chi connectivity index (χ0v) is 15.9. The number of amides is 1. The van der Waals surface area contributed by atoms with Crippen molar-refractivity contribution in [1.29, 1.82) is 0 Å². The lowest BCUT2D eigenvalue weighted by Gasteiger charge is -2.31. The number of benzene rings is 2. The van der Waals surface area contributed by atoms with Crippen molar-refractivity contribution in [1.82, 2.24) is 10.3 Å². The molecule has 0 aliphatic carbocycles. The van der Waals surface area contributed by atoms with Crippen molar-refractivity contribution in [3.8, 4) is 5.75 Å². The number of hydrogen-bond acceptors (Lipinski definition) is 4. The number of ether oxygens (including phenoxy) is 1. The number of carbonyl (C=O) groups excluding carboxylic acids is 1. The van der Waals surface area contributed by atoms with Crippen molar-refractivity contribution < 1.29 is 9.53 Å². The van der Waals surface area contributed by atoms with Crippen molar-refractivity contribution >= 4 is 11.6 Å². The molecular weight excluding hydrogens is 350 g/mol. The number of fused-ring (bicyclic) bond motifs is 1. The van der Waals surface area contributed by atoms with Gasteiger partial charge in [0.1, 0.15) is 11.4 Å². The summed E-state index contributed by atoms with van der Waals surface area (Å²) in [5.74, 6) is 0.789. The van der Waals surface area contributed by atoms with Crippen LogP contribution in [0.15, 0.2) is 66.9 Å². The molecule has 0 atom stereocenters. The standard InChI is InChI=1S/C23H23N3O2/c1-28-22-9-5-8-18-16-26(13-11-20(18)22)19-10-12-24-21(14-19)23(27)25-15-17-6-3-2-4-7-17/h2-10,12,14H,11,13,15-16H2,1H3,(H,25,27). The molecule has 1 amide bonds. The van der Waals surface area contributed by atoms with Crippen LogP contribution in [-0.2, 0) is 19.5 Å². The molecule has 0 bridgehead atoms. The van der Waals surface area contributed by atoms with Gasteiger partial charge in [0, 0.05) is 37.1 Å². The Hall–Kier alpha value is -3.34. The third kappa shape index (κ3) is 3.83. The molecule has 4 rings (SSSR count). The monoisotopic (exact) mass is 373 g/mol. The number of pyridine rings is 1. The normalized spacial score (nSPS) is 13.0. The number of carbonyl (C=O) groups is 1. The number of anilines is 1. The van der Waals surface area contributed by atoms with E-state index < -0.39 is 0 Å². The Balaban J connectivity index is 1.47. The van der Waals surface area contributed by atoms with E-state index in [1.165, 1.54) is 11.1 Å². The molecule has 0 saturated carbocycles. The second-order valence-corrected chi connectivity index (χ2v) is 6.84. The van der Waals surface area contributed by atoms with Crippen LogP contribution in [0.4, 0.5) is 5.69 Å². The average Bonchev–Trinajstić information content (AvgIpc) is 2.77. The Labute approximate surface area is 165 Å². The Bertz CT molecular complexity index is 973. The second kappa shape index (κ2) is 8.13. The highest BCUT2D eigenvalue weighted by molar-refractivity contribution is 5.93. The van der Waals surface area contributed by atoms with Gasteiger partial charge in [0.05, 0.1) is 7.11 Å². The lowest BCUT2D eigenvalue weighted by molar-refractivity contribution is 0.0946. The highest BCUT2D eigenvalue weighted by Gasteiger charge is 2.20. The van der Waals surface area contributed by atoms with Gasteiger partial charge < -0.3 is 15.0 Å². The van der Waals surface area contributed by atoms with Gasteiger partial charge in [-0.15, -0.1) is 0 Å². The second-order valence-electron chi connectivity index (χ2n) is 6.84.